The van der Waals surface area contributed by atoms with E-state index in [0.29, 0.717) is 0 Å². The Morgan fingerprint density at radius 2 is 1.33 bits per heavy atom. The molecule has 0 bridgehead atoms. The fraction of sp³-hybridized carbons (Fsp3) is 0.333. The highest BCUT2D eigenvalue weighted by Gasteiger charge is 2.52. The molecule has 2 aromatic carbocycles. The fourth-order valence-corrected chi connectivity index (χ4v) is 4.19. The number of rotatable bonds is 3. The Labute approximate surface area is 127 Å². The van der Waals surface area contributed by atoms with E-state index in [1.807, 2.05) is 0 Å². The van der Waals surface area contributed by atoms with Crippen LogP contribution in [0.15, 0.2) is 60.7 Å². The molecule has 0 heterocycles. The smallest absolute Gasteiger partial charge is 0.00934 e. The van der Waals surface area contributed by atoms with Gasteiger partial charge in [0, 0.05) is 0 Å². The van der Waals surface area contributed by atoms with Crippen LogP contribution in [0.3, 0.4) is 0 Å². The van der Waals surface area contributed by atoms with Crippen molar-refractivity contribution in [2.75, 3.05) is 0 Å². The molecule has 0 nitrogen and oxygen atoms in total. The maximum Gasteiger partial charge on any atom is -0.00934 e. The summed E-state index contributed by atoms with van der Waals surface area (Å²) in [6.45, 7) is 0. The zero-order valence-corrected chi connectivity index (χ0v) is 12.4. The van der Waals surface area contributed by atoms with Crippen LogP contribution in [0.1, 0.15) is 36.8 Å². The summed E-state index contributed by atoms with van der Waals surface area (Å²) in [4.78, 5) is 0. The standard InChI is InChI=1S/C21H22/c1-3-9-16(10-4-1)15-20(17-11-5-2-6-12-17)21-18-13-7-8-14-19(18)21/h1-6,9-12,15,18-19,21H,7-8,13-14H2/t18-,19+,21?. The average Bonchev–Trinajstić information content (AvgIpc) is 3.29. The first-order valence-corrected chi connectivity index (χ1v) is 8.25. The third-order valence-corrected chi connectivity index (χ3v) is 5.24. The molecule has 0 amide bonds. The van der Waals surface area contributed by atoms with Crippen molar-refractivity contribution in [2.24, 2.45) is 17.8 Å². The van der Waals surface area contributed by atoms with Crippen LogP contribution < -0.4 is 0 Å². The van der Waals surface area contributed by atoms with E-state index in [1.165, 1.54) is 36.8 Å². The molecule has 4 rings (SSSR count). The molecular formula is C21H22. The van der Waals surface area contributed by atoms with E-state index >= 15 is 0 Å². The molecule has 0 aromatic heterocycles. The number of hydrogen-bond donors (Lipinski definition) is 0. The van der Waals surface area contributed by atoms with Gasteiger partial charge in [-0.15, -0.1) is 0 Å². The minimum absolute atomic E-state index is 0.801. The molecule has 0 aliphatic heterocycles. The van der Waals surface area contributed by atoms with Crippen molar-refractivity contribution >= 4 is 11.6 Å². The Kier molecular flexibility index (Phi) is 3.39. The van der Waals surface area contributed by atoms with Gasteiger partial charge in [0.2, 0.25) is 0 Å². The maximum atomic E-state index is 2.43. The quantitative estimate of drug-likeness (QED) is 0.633. The summed E-state index contributed by atoms with van der Waals surface area (Å²) in [5.41, 5.74) is 4.32. The van der Waals surface area contributed by atoms with Crippen LogP contribution in [-0.4, -0.2) is 0 Å². The summed E-state index contributed by atoms with van der Waals surface area (Å²) in [5, 5.41) is 0. The Hall–Kier alpha value is -1.82. The molecule has 106 valence electrons. The Morgan fingerprint density at radius 1 is 0.762 bits per heavy atom. The van der Waals surface area contributed by atoms with Crippen LogP contribution in [0.2, 0.25) is 0 Å². The van der Waals surface area contributed by atoms with Gasteiger partial charge in [0.15, 0.2) is 0 Å². The second kappa shape index (κ2) is 5.52. The van der Waals surface area contributed by atoms with E-state index < -0.39 is 0 Å². The van der Waals surface area contributed by atoms with Crippen LogP contribution in [0.5, 0.6) is 0 Å². The Morgan fingerprint density at radius 3 is 1.95 bits per heavy atom. The molecular weight excluding hydrogens is 252 g/mol. The predicted octanol–water partition coefficient (Wildman–Crippen LogP) is 5.66. The van der Waals surface area contributed by atoms with E-state index in [-0.39, 0.29) is 0 Å². The van der Waals surface area contributed by atoms with Gasteiger partial charge in [0.05, 0.1) is 0 Å². The second-order valence-corrected chi connectivity index (χ2v) is 6.51. The topological polar surface area (TPSA) is 0 Å². The van der Waals surface area contributed by atoms with Gasteiger partial charge in [-0.3, -0.25) is 0 Å². The predicted molar refractivity (Wildman–Crippen MR) is 89.7 cm³/mol. The van der Waals surface area contributed by atoms with Crippen LogP contribution in [0.25, 0.3) is 11.6 Å². The summed E-state index contributed by atoms with van der Waals surface area (Å²) < 4.78 is 0. The minimum atomic E-state index is 0.801. The van der Waals surface area contributed by atoms with E-state index in [9.17, 15) is 0 Å². The van der Waals surface area contributed by atoms with Gasteiger partial charge in [0.1, 0.15) is 0 Å². The molecule has 0 heteroatoms. The van der Waals surface area contributed by atoms with Crippen LogP contribution in [-0.2, 0) is 0 Å². The lowest BCUT2D eigenvalue weighted by Gasteiger charge is -2.08. The molecule has 2 aromatic rings. The molecule has 2 aliphatic rings. The van der Waals surface area contributed by atoms with Crippen molar-refractivity contribution in [3.05, 3.63) is 71.8 Å². The number of benzene rings is 2. The number of hydrogen-bond acceptors (Lipinski definition) is 0. The first-order valence-electron chi connectivity index (χ1n) is 8.25. The zero-order chi connectivity index (χ0) is 14.1. The SMILES string of the molecule is C(=C(c1ccccc1)C1[C@H]2CCCC[C@@H]12)c1ccccc1. The van der Waals surface area contributed by atoms with Crippen molar-refractivity contribution in [1.82, 2.24) is 0 Å². The summed E-state index contributed by atoms with van der Waals surface area (Å²) in [7, 11) is 0. The van der Waals surface area contributed by atoms with Gasteiger partial charge >= 0.3 is 0 Å². The van der Waals surface area contributed by atoms with Crippen LogP contribution in [0.4, 0.5) is 0 Å². The van der Waals surface area contributed by atoms with Crippen molar-refractivity contribution in [1.29, 1.82) is 0 Å². The minimum Gasteiger partial charge on any atom is -0.0622 e. The van der Waals surface area contributed by atoms with E-state index in [1.54, 1.807) is 5.57 Å². The first kappa shape index (κ1) is 12.9. The summed E-state index contributed by atoms with van der Waals surface area (Å²) >= 11 is 0. The molecule has 0 saturated heterocycles. The van der Waals surface area contributed by atoms with E-state index in [4.69, 9.17) is 0 Å². The average molecular weight is 274 g/mol. The van der Waals surface area contributed by atoms with Crippen molar-refractivity contribution in [3.63, 3.8) is 0 Å². The molecule has 1 unspecified atom stereocenters. The lowest BCUT2D eigenvalue weighted by Crippen LogP contribution is -1.91. The van der Waals surface area contributed by atoms with Gasteiger partial charge in [-0.1, -0.05) is 79.6 Å². The lowest BCUT2D eigenvalue weighted by atomic mass is 9.96. The number of allylic oxidation sites excluding steroid dienone is 1. The summed E-state index contributed by atoms with van der Waals surface area (Å²) in [6.07, 6.45) is 8.18. The molecule has 2 aliphatic carbocycles. The van der Waals surface area contributed by atoms with Crippen molar-refractivity contribution < 1.29 is 0 Å². The normalized spacial score (nSPS) is 28.0. The van der Waals surface area contributed by atoms with Gasteiger partial charge in [-0.2, -0.15) is 0 Å². The van der Waals surface area contributed by atoms with Gasteiger partial charge < -0.3 is 0 Å². The van der Waals surface area contributed by atoms with Gasteiger partial charge in [-0.05, 0) is 47.3 Å². The molecule has 21 heavy (non-hydrogen) atoms. The molecule has 2 saturated carbocycles. The third-order valence-electron chi connectivity index (χ3n) is 5.24. The monoisotopic (exact) mass is 274 g/mol. The Bertz CT molecular complexity index is 612. The maximum absolute atomic E-state index is 2.43. The Balaban J connectivity index is 1.72. The third kappa shape index (κ3) is 2.55. The van der Waals surface area contributed by atoms with Gasteiger partial charge in [-0.25, -0.2) is 0 Å². The molecule has 0 spiro atoms. The number of fused-ring (bicyclic) bond motifs is 1. The highest BCUT2D eigenvalue weighted by atomic mass is 14.6. The van der Waals surface area contributed by atoms with Crippen molar-refractivity contribution in [3.8, 4) is 0 Å². The zero-order valence-electron chi connectivity index (χ0n) is 12.4. The fourth-order valence-electron chi connectivity index (χ4n) is 4.19. The molecule has 0 radical (unpaired) electrons. The van der Waals surface area contributed by atoms with Gasteiger partial charge in [0.25, 0.3) is 0 Å². The first-order chi connectivity index (χ1) is 10.4. The lowest BCUT2D eigenvalue weighted by molar-refractivity contribution is 0.480. The summed E-state index contributed by atoms with van der Waals surface area (Å²) in [6, 6.07) is 21.8. The highest BCUT2D eigenvalue weighted by Crippen LogP contribution is 2.61. The second-order valence-electron chi connectivity index (χ2n) is 6.51. The molecule has 2 fully saturated rings. The molecule has 0 N–H and O–H groups in total. The summed E-state index contributed by atoms with van der Waals surface area (Å²) in [5.74, 6) is 2.71. The largest absolute Gasteiger partial charge is 0.0622 e. The van der Waals surface area contributed by atoms with Crippen molar-refractivity contribution in [2.45, 2.75) is 25.7 Å². The van der Waals surface area contributed by atoms with E-state index in [0.717, 1.165) is 17.8 Å². The highest BCUT2D eigenvalue weighted by molar-refractivity contribution is 5.84. The van der Waals surface area contributed by atoms with Crippen LogP contribution in [0, 0.1) is 17.8 Å². The molecule has 3 atom stereocenters. The van der Waals surface area contributed by atoms with Crippen LogP contribution >= 0.6 is 0 Å². The van der Waals surface area contributed by atoms with E-state index in [2.05, 4.69) is 66.7 Å².